The molecule has 3 heteroatoms. The summed E-state index contributed by atoms with van der Waals surface area (Å²) in [4.78, 5) is 0. The van der Waals surface area contributed by atoms with E-state index in [2.05, 4.69) is 24.3 Å². The topological polar surface area (TPSA) is 9.23 Å². The summed E-state index contributed by atoms with van der Waals surface area (Å²) in [6.07, 6.45) is 1.47. The summed E-state index contributed by atoms with van der Waals surface area (Å²) < 4.78 is 6.39. The smallest absolute Gasteiger partial charge is 0.132 e. The van der Waals surface area contributed by atoms with E-state index in [0.717, 1.165) is 35.5 Å². The summed E-state index contributed by atoms with van der Waals surface area (Å²) in [5.41, 5.74) is 4.33. The summed E-state index contributed by atoms with van der Waals surface area (Å²) in [5.74, 6) is 1.52. The van der Waals surface area contributed by atoms with Gasteiger partial charge in [0.25, 0.3) is 0 Å². The van der Waals surface area contributed by atoms with Crippen LogP contribution in [-0.4, -0.2) is 0 Å². The number of halogens is 2. The Morgan fingerprint density at radius 2 is 0.839 bits per heavy atom. The van der Waals surface area contributed by atoms with Gasteiger partial charge in [0.15, 0.2) is 0 Å². The van der Waals surface area contributed by atoms with Gasteiger partial charge < -0.3 is 4.74 Å². The molecule has 0 aliphatic heterocycles. The molecule has 4 aromatic carbocycles. The van der Waals surface area contributed by atoms with Crippen molar-refractivity contribution in [3.05, 3.63) is 131 Å². The van der Waals surface area contributed by atoms with E-state index >= 15 is 0 Å². The number of hydrogen-bond donors (Lipinski definition) is 0. The molecule has 0 bridgehead atoms. The molecule has 2 atom stereocenters. The zero-order valence-electron chi connectivity index (χ0n) is 17.1. The summed E-state index contributed by atoms with van der Waals surface area (Å²) in [6, 6.07) is 36.4. The Bertz CT molecular complexity index is 1010. The normalized spacial score (nSPS) is 12.8. The van der Waals surface area contributed by atoms with Gasteiger partial charge >= 0.3 is 0 Å². The fourth-order valence-electron chi connectivity index (χ4n) is 3.64. The zero-order valence-corrected chi connectivity index (χ0v) is 18.6. The Morgan fingerprint density at radius 1 is 0.484 bits per heavy atom. The van der Waals surface area contributed by atoms with E-state index in [9.17, 15) is 0 Å². The minimum atomic E-state index is -0.193. The molecule has 0 aliphatic carbocycles. The number of ether oxygens (including phenoxy) is 1. The predicted octanol–water partition coefficient (Wildman–Crippen LogP) is 8.52. The van der Waals surface area contributed by atoms with Gasteiger partial charge in [-0.25, -0.2) is 0 Å². The van der Waals surface area contributed by atoms with E-state index in [1.54, 1.807) is 0 Å². The highest BCUT2D eigenvalue weighted by molar-refractivity contribution is 6.21. The van der Waals surface area contributed by atoms with Gasteiger partial charge in [-0.2, -0.15) is 0 Å². The quantitative estimate of drug-likeness (QED) is 0.246. The Morgan fingerprint density at radius 3 is 1.26 bits per heavy atom. The molecule has 0 amide bonds. The molecule has 4 aromatic rings. The first kappa shape index (κ1) is 21.5. The molecule has 156 valence electrons. The molecule has 1 nitrogen and oxygen atoms in total. The second-order valence-electron chi connectivity index (χ2n) is 7.49. The lowest BCUT2D eigenvalue weighted by Crippen LogP contribution is -2.02. The van der Waals surface area contributed by atoms with Gasteiger partial charge in [0.1, 0.15) is 11.5 Å². The Labute approximate surface area is 194 Å². The lowest BCUT2D eigenvalue weighted by molar-refractivity contribution is 0.468. The molecule has 0 fully saturated rings. The first-order valence-corrected chi connectivity index (χ1v) is 11.3. The van der Waals surface area contributed by atoms with Crippen molar-refractivity contribution < 1.29 is 4.74 Å². The van der Waals surface area contributed by atoms with Crippen LogP contribution >= 0.6 is 23.2 Å². The highest BCUT2D eigenvalue weighted by atomic mass is 35.5. The van der Waals surface area contributed by atoms with Gasteiger partial charge in [0.05, 0.1) is 10.8 Å². The van der Waals surface area contributed by atoms with E-state index in [1.807, 2.05) is 84.9 Å². The predicted molar refractivity (Wildman–Crippen MR) is 130 cm³/mol. The number of rotatable bonds is 8. The Balaban J connectivity index is 1.56. The van der Waals surface area contributed by atoms with Gasteiger partial charge in [0.2, 0.25) is 0 Å². The van der Waals surface area contributed by atoms with E-state index < -0.39 is 0 Å². The maximum atomic E-state index is 6.82. The molecule has 4 rings (SSSR count). The van der Waals surface area contributed by atoms with E-state index in [0.29, 0.717) is 0 Å². The number of alkyl halides is 2. The molecule has 0 spiro atoms. The maximum absolute atomic E-state index is 6.82. The Kier molecular flexibility index (Phi) is 7.30. The average Bonchev–Trinajstić information content (AvgIpc) is 2.81. The molecule has 0 N–H and O–H groups in total. The van der Waals surface area contributed by atoms with Crippen molar-refractivity contribution in [1.29, 1.82) is 0 Å². The first-order chi connectivity index (χ1) is 15.2. The average molecular weight is 447 g/mol. The van der Waals surface area contributed by atoms with Gasteiger partial charge in [-0.3, -0.25) is 0 Å². The number of benzene rings is 4. The second-order valence-corrected chi connectivity index (χ2v) is 8.55. The van der Waals surface area contributed by atoms with Gasteiger partial charge in [-0.05, 0) is 36.1 Å². The minimum Gasteiger partial charge on any atom is -0.457 e. The third-order valence-corrected chi connectivity index (χ3v) is 6.03. The van der Waals surface area contributed by atoms with Crippen LogP contribution in [0.25, 0.3) is 0 Å². The minimum absolute atomic E-state index is 0.193. The van der Waals surface area contributed by atoms with Crippen LogP contribution in [0.4, 0.5) is 0 Å². The highest BCUT2D eigenvalue weighted by Gasteiger charge is 2.18. The molecule has 0 heterocycles. The number of para-hydroxylation sites is 2. The van der Waals surface area contributed by atoms with Crippen molar-refractivity contribution in [2.75, 3.05) is 0 Å². The summed E-state index contributed by atoms with van der Waals surface area (Å²) in [5, 5.41) is -0.385. The second kappa shape index (κ2) is 10.5. The maximum Gasteiger partial charge on any atom is 0.132 e. The summed E-state index contributed by atoms with van der Waals surface area (Å²) >= 11 is 13.6. The standard InChI is InChI=1S/C28H24Cl2O/c29-25(19-21-11-3-1-4-12-21)23-15-7-9-17-27(23)31-28-18-10-8-16-24(28)26(30)20-22-13-5-2-6-14-22/h1-18,25-26H,19-20H2. The van der Waals surface area contributed by atoms with Crippen LogP contribution in [0.3, 0.4) is 0 Å². The monoisotopic (exact) mass is 446 g/mol. The molecule has 0 aromatic heterocycles. The lowest BCUT2D eigenvalue weighted by Gasteiger charge is -2.19. The van der Waals surface area contributed by atoms with Crippen LogP contribution in [0.1, 0.15) is 33.0 Å². The third kappa shape index (κ3) is 5.70. The third-order valence-electron chi connectivity index (χ3n) is 5.25. The molecule has 0 aliphatic rings. The SMILES string of the molecule is ClC(Cc1ccccc1)c1ccccc1Oc1ccccc1C(Cl)Cc1ccccc1. The lowest BCUT2D eigenvalue weighted by atomic mass is 10.0. The fourth-order valence-corrected chi connectivity index (χ4v) is 4.36. The van der Waals surface area contributed by atoms with Crippen LogP contribution in [0, 0.1) is 0 Å². The molecular weight excluding hydrogens is 423 g/mol. The Hall–Kier alpha value is -2.74. The van der Waals surface area contributed by atoms with Crippen LogP contribution in [0.5, 0.6) is 11.5 Å². The molecule has 0 saturated heterocycles. The van der Waals surface area contributed by atoms with Crippen LogP contribution in [-0.2, 0) is 12.8 Å². The zero-order chi connectivity index (χ0) is 21.5. The van der Waals surface area contributed by atoms with E-state index in [-0.39, 0.29) is 10.8 Å². The van der Waals surface area contributed by atoms with Gasteiger partial charge in [-0.1, -0.05) is 97.1 Å². The molecule has 2 unspecified atom stereocenters. The molecule has 0 radical (unpaired) electrons. The van der Waals surface area contributed by atoms with Crippen LogP contribution in [0.2, 0.25) is 0 Å². The fraction of sp³-hybridized carbons (Fsp3) is 0.143. The van der Waals surface area contributed by atoms with Crippen molar-refractivity contribution in [2.45, 2.75) is 23.6 Å². The van der Waals surface area contributed by atoms with Gasteiger partial charge in [0, 0.05) is 11.1 Å². The highest BCUT2D eigenvalue weighted by Crippen LogP contribution is 2.39. The first-order valence-electron chi connectivity index (χ1n) is 10.4. The van der Waals surface area contributed by atoms with Gasteiger partial charge in [-0.15, -0.1) is 23.2 Å². The van der Waals surface area contributed by atoms with Crippen molar-refractivity contribution in [3.63, 3.8) is 0 Å². The van der Waals surface area contributed by atoms with Crippen LogP contribution in [0.15, 0.2) is 109 Å². The van der Waals surface area contributed by atoms with Crippen LogP contribution < -0.4 is 4.74 Å². The van der Waals surface area contributed by atoms with Crippen molar-refractivity contribution in [3.8, 4) is 11.5 Å². The molecule has 0 saturated carbocycles. The largest absolute Gasteiger partial charge is 0.457 e. The summed E-state index contributed by atoms with van der Waals surface area (Å²) in [7, 11) is 0. The molecule has 31 heavy (non-hydrogen) atoms. The van der Waals surface area contributed by atoms with Crippen molar-refractivity contribution in [2.24, 2.45) is 0 Å². The van der Waals surface area contributed by atoms with E-state index in [4.69, 9.17) is 27.9 Å². The number of hydrogen-bond acceptors (Lipinski definition) is 1. The molecular formula is C28H24Cl2O. The summed E-state index contributed by atoms with van der Waals surface area (Å²) in [6.45, 7) is 0. The van der Waals surface area contributed by atoms with E-state index in [1.165, 1.54) is 11.1 Å². The van der Waals surface area contributed by atoms with Crippen molar-refractivity contribution in [1.82, 2.24) is 0 Å². The van der Waals surface area contributed by atoms with Crippen molar-refractivity contribution >= 4 is 23.2 Å².